The Morgan fingerprint density at radius 1 is 1.50 bits per heavy atom. The average Bonchev–Trinajstić information content (AvgIpc) is 2.19. The molecule has 1 rings (SSSR count). The summed E-state index contributed by atoms with van der Waals surface area (Å²) in [5.74, 6) is 7.99. The van der Waals surface area contributed by atoms with Gasteiger partial charge in [0.2, 0.25) is 0 Å². The normalized spacial score (nSPS) is 30.2. The Bertz CT molecular complexity index is 152. The van der Waals surface area contributed by atoms with E-state index in [9.17, 15) is 0 Å². The van der Waals surface area contributed by atoms with Gasteiger partial charge in [-0.05, 0) is 37.5 Å². The highest BCUT2D eigenvalue weighted by Crippen LogP contribution is 2.31. The van der Waals surface area contributed by atoms with Crippen LogP contribution in [0.15, 0.2) is 0 Å². The van der Waals surface area contributed by atoms with Crippen LogP contribution in [0.1, 0.15) is 45.4 Å². The number of hydrogen-bond donors (Lipinski definition) is 2. The van der Waals surface area contributed by atoms with Gasteiger partial charge in [0.1, 0.15) is 0 Å². The molecule has 1 aliphatic rings. The highest BCUT2D eigenvalue weighted by molar-refractivity contribution is 6.17. The minimum Gasteiger partial charge on any atom is -0.271 e. The van der Waals surface area contributed by atoms with E-state index in [-0.39, 0.29) is 0 Å². The van der Waals surface area contributed by atoms with Gasteiger partial charge in [0.25, 0.3) is 0 Å². The van der Waals surface area contributed by atoms with Gasteiger partial charge in [0.15, 0.2) is 0 Å². The SMILES string of the molecule is CC1CCCC(C(CCCCl)NN)C1. The zero-order valence-corrected chi connectivity index (χ0v) is 9.89. The highest BCUT2D eigenvalue weighted by atomic mass is 35.5. The quantitative estimate of drug-likeness (QED) is 0.423. The lowest BCUT2D eigenvalue weighted by atomic mass is 9.78. The molecule has 14 heavy (non-hydrogen) atoms. The van der Waals surface area contributed by atoms with Crippen molar-refractivity contribution in [2.45, 2.75) is 51.5 Å². The third kappa shape index (κ3) is 3.76. The Morgan fingerprint density at radius 3 is 2.86 bits per heavy atom. The van der Waals surface area contributed by atoms with Crippen LogP contribution in [0.3, 0.4) is 0 Å². The van der Waals surface area contributed by atoms with Gasteiger partial charge in [-0.15, -0.1) is 11.6 Å². The second kappa shape index (κ2) is 6.65. The topological polar surface area (TPSA) is 38.0 Å². The first-order valence-electron chi connectivity index (χ1n) is 5.80. The number of hydrogen-bond acceptors (Lipinski definition) is 2. The van der Waals surface area contributed by atoms with Crippen LogP contribution >= 0.6 is 11.6 Å². The summed E-state index contributed by atoms with van der Waals surface area (Å²) in [4.78, 5) is 0. The first-order valence-corrected chi connectivity index (χ1v) is 6.33. The molecule has 0 saturated heterocycles. The van der Waals surface area contributed by atoms with Crippen LogP contribution in [0, 0.1) is 11.8 Å². The first-order chi connectivity index (χ1) is 6.77. The van der Waals surface area contributed by atoms with Crippen LogP contribution < -0.4 is 11.3 Å². The second-order valence-corrected chi connectivity index (χ2v) is 5.01. The molecule has 0 spiro atoms. The van der Waals surface area contributed by atoms with Crippen LogP contribution in [0.2, 0.25) is 0 Å². The maximum Gasteiger partial charge on any atom is 0.0239 e. The third-order valence-electron chi connectivity index (χ3n) is 3.41. The lowest BCUT2D eigenvalue weighted by Gasteiger charge is -2.32. The van der Waals surface area contributed by atoms with Gasteiger partial charge in [-0.2, -0.15) is 0 Å². The van der Waals surface area contributed by atoms with Crippen LogP contribution in [0.5, 0.6) is 0 Å². The van der Waals surface area contributed by atoms with Gasteiger partial charge >= 0.3 is 0 Å². The van der Waals surface area contributed by atoms with Crippen molar-refractivity contribution >= 4 is 11.6 Å². The molecule has 2 nitrogen and oxygen atoms in total. The van der Waals surface area contributed by atoms with Gasteiger partial charge in [-0.3, -0.25) is 11.3 Å². The molecule has 3 unspecified atom stereocenters. The van der Waals surface area contributed by atoms with Crippen LogP contribution in [0.25, 0.3) is 0 Å². The zero-order chi connectivity index (χ0) is 10.4. The minimum absolute atomic E-state index is 0.483. The largest absolute Gasteiger partial charge is 0.271 e. The van der Waals surface area contributed by atoms with E-state index in [1.165, 1.54) is 25.7 Å². The summed E-state index contributed by atoms with van der Waals surface area (Å²) in [7, 11) is 0. The Hall–Kier alpha value is 0.210. The summed E-state index contributed by atoms with van der Waals surface area (Å²) in [6.07, 6.45) is 7.62. The van der Waals surface area contributed by atoms with E-state index in [0.717, 1.165) is 30.6 Å². The lowest BCUT2D eigenvalue weighted by molar-refractivity contribution is 0.215. The maximum atomic E-state index is 5.70. The third-order valence-corrected chi connectivity index (χ3v) is 3.68. The summed E-state index contributed by atoms with van der Waals surface area (Å²) in [5, 5.41) is 0. The molecule has 0 amide bonds. The Morgan fingerprint density at radius 2 is 2.29 bits per heavy atom. The fourth-order valence-electron chi connectivity index (χ4n) is 2.60. The molecular weight excluding hydrogens is 196 g/mol. The smallest absolute Gasteiger partial charge is 0.0239 e. The van der Waals surface area contributed by atoms with Crippen molar-refractivity contribution in [2.75, 3.05) is 5.88 Å². The van der Waals surface area contributed by atoms with Crippen molar-refractivity contribution < 1.29 is 0 Å². The van der Waals surface area contributed by atoms with E-state index in [1.807, 2.05) is 0 Å². The molecular formula is C11H23ClN2. The van der Waals surface area contributed by atoms with Crippen molar-refractivity contribution in [3.63, 3.8) is 0 Å². The minimum atomic E-state index is 0.483. The van der Waals surface area contributed by atoms with E-state index in [1.54, 1.807) is 0 Å². The van der Waals surface area contributed by atoms with Crippen LogP contribution in [0.4, 0.5) is 0 Å². The van der Waals surface area contributed by atoms with Crippen LogP contribution in [-0.2, 0) is 0 Å². The maximum absolute atomic E-state index is 5.70. The highest BCUT2D eigenvalue weighted by Gasteiger charge is 2.25. The zero-order valence-electron chi connectivity index (χ0n) is 9.14. The molecule has 1 aliphatic carbocycles. The Labute approximate surface area is 92.5 Å². The molecule has 0 heterocycles. The van der Waals surface area contributed by atoms with Gasteiger partial charge in [0.05, 0.1) is 0 Å². The molecule has 1 fully saturated rings. The van der Waals surface area contributed by atoms with Crippen LogP contribution in [-0.4, -0.2) is 11.9 Å². The second-order valence-electron chi connectivity index (χ2n) is 4.64. The number of alkyl halides is 1. The number of hydrazine groups is 1. The predicted molar refractivity (Wildman–Crippen MR) is 62.2 cm³/mol. The fourth-order valence-corrected chi connectivity index (χ4v) is 2.75. The summed E-state index contributed by atoms with van der Waals surface area (Å²) < 4.78 is 0. The summed E-state index contributed by atoms with van der Waals surface area (Å²) in [6, 6.07) is 0.483. The molecule has 3 heteroatoms. The van der Waals surface area contributed by atoms with Gasteiger partial charge in [-0.25, -0.2) is 0 Å². The van der Waals surface area contributed by atoms with Crippen molar-refractivity contribution in [1.29, 1.82) is 0 Å². The molecule has 84 valence electrons. The van der Waals surface area contributed by atoms with Crippen molar-refractivity contribution in [2.24, 2.45) is 17.7 Å². The number of nitrogens with two attached hydrogens (primary N) is 1. The molecule has 0 aliphatic heterocycles. The average molecular weight is 219 g/mol. The summed E-state index contributed by atoms with van der Waals surface area (Å²) >= 11 is 5.70. The summed E-state index contributed by atoms with van der Waals surface area (Å²) in [6.45, 7) is 2.35. The molecule has 3 atom stereocenters. The van der Waals surface area contributed by atoms with Gasteiger partial charge < -0.3 is 0 Å². The van der Waals surface area contributed by atoms with Crippen molar-refractivity contribution in [1.82, 2.24) is 5.43 Å². The molecule has 0 aromatic rings. The Balaban J connectivity index is 2.34. The predicted octanol–water partition coefficient (Wildman–Crippen LogP) is 2.66. The molecule has 3 N–H and O–H groups in total. The van der Waals surface area contributed by atoms with E-state index < -0.39 is 0 Å². The van der Waals surface area contributed by atoms with E-state index in [0.29, 0.717) is 6.04 Å². The van der Waals surface area contributed by atoms with Gasteiger partial charge in [0, 0.05) is 11.9 Å². The van der Waals surface area contributed by atoms with E-state index >= 15 is 0 Å². The molecule has 0 bridgehead atoms. The monoisotopic (exact) mass is 218 g/mol. The van der Waals surface area contributed by atoms with Gasteiger partial charge in [-0.1, -0.05) is 19.8 Å². The fraction of sp³-hybridized carbons (Fsp3) is 1.00. The summed E-state index contributed by atoms with van der Waals surface area (Å²) in [5.41, 5.74) is 2.97. The Kier molecular flexibility index (Phi) is 5.83. The standard InChI is InChI=1S/C11H23ClN2/c1-9-4-2-5-10(8-9)11(14-13)6-3-7-12/h9-11,14H,2-8,13H2,1H3. The molecule has 0 aromatic carbocycles. The first kappa shape index (κ1) is 12.3. The molecule has 1 saturated carbocycles. The van der Waals surface area contributed by atoms with Crippen molar-refractivity contribution in [3.05, 3.63) is 0 Å². The van der Waals surface area contributed by atoms with E-state index in [4.69, 9.17) is 17.4 Å². The van der Waals surface area contributed by atoms with Crippen molar-refractivity contribution in [3.8, 4) is 0 Å². The van der Waals surface area contributed by atoms with E-state index in [2.05, 4.69) is 12.3 Å². The molecule has 0 radical (unpaired) electrons. The number of halogens is 1. The molecule has 0 aromatic heterocycles. The lowest BCUT2D eigenvalue weighted by Crippen LogP contribution is -2.42. The number of nitrogens with one attached hydrogen (secondary N) is 1. The number of rotatable bonds is 5.